The fraction of sp³-hybridized carbons (Fsp3) is 0.440. The minimum Gasteiger partial charge on any atom is -0.445 e. The molecule has 2 aliphatic rings. The summed E-state index contributed by atoms with van der Waals surface area (Å²) in [7, 11) is 0. The third kappa shape index (κ3) is 5.79. The van der Waals surface area contributed by atoms with Crippen molar-refractivity contribution in [3.63, 3.8) is 0 Å². The monoisotopic (exact) mass is 499 g/mol. The first-order chi connectivity index (χ1) is 16.4. The van der Waals surface area contributed by atoms with Crippen molar-refractivity contribution in [3.05, 3.63) is 70.8 Å². The molecule has 1 atom stereocenters. The van der Waals surface area contributed by atoms with Crippen LogP contribution in [0.1, 0.15) is 41.5 Å². The maximum absolute atomic E-state index is 13.1. The van der Waals surface area contributed by atoms with E-state index in [4.69, 9.17) is 4.74 Å². The number of ether oxygens (including phenoxy) is 1. The molecule has 10 heteroatoms. The van der Waals surface area contributed by atoms with Gasteiger partial charge in [-0.2, -0.15) is 26.3 Å². The number of carbonyl (C=O) groups excluding carboxylic acids is 2. The zero-order chi connectivity index (χ0) is 25.4. The standard InChI is InChI=1S/C25H23F6NO3/c26-24(27,28)18-10-17(11-19(13-18)25(29,30)31)12-21(33)20-14-23(20)6-8-32(9-7-23)22(34)35-15-16-4-2-1-3-5-16/h1-5,10-11,13,20H,6-9,12,14-15H2/t20-/m0/s1. The van der Waals surface area contributed by atoms with Gasteiger partial charge in [0.15, 0.2) is 0 Å². The summed E-state index contributed by atoms with van der Waals surface area (Å²) in [5.74, 6) is -0.813. The molecule has 35 heavy (non-hydrogen) atoms. The zero-order valence-corrected chi connectivity index (χ0v) is 18.6. The lowest BCUT2D eigenvalue weighted by Gasteiger charge is -2.32. The van der Waals surface area contributed by atoms with Crippen molar-refractivity contribution in [1.82, 2.24) is 4.90 Å². The number of Topliss-reactive ketones (excluding diaryl/α,β-unsaturated/α-hetero) is 1. The zero-order valence-electron chi connectivity index (χ0n) is 18.6. The molecule has 2 fully saturated rings. The van der Waals surface area contributed by atoms with E-state index in [1.807, 2.05) is 30.3 Å². The van der Waals surface area contributed by atoms with Gasteiger partial charge in [-0.3, -0.25) is 4.79 Å². The topological polar surface area (TPSA) is 46.6 Å². The Balaban J connectivity index is 1.34. The predicted octanol–water partition coefficient (Wildman–Crippen LogP) is 6.27. The van der Waals surface area contributed by atoms with Crippen molar-refractivity contribution in [1.29, 1.82) is 0 Å². The fourth-order valence-electron chi connectivity index (χ4n) is 4.75. The molecule has 4 rings (SSSR count). The molecule has 4 nitrogen and oxygen atoms in total. The molecular formula is C25H23F6NO3. The number of ketones is 1. The smallest absolute Gasteiger partial charge is 0.416 e. The molecule has 1 aliphatic carbocycles. The Morgan fingerprint density at radius 2 is 1.46 bits per heavy atom. The van der Waals surface area contributed by atoms with Crippen molar-refractivity contribution in [2.75, 3.05) is 13.1 Å². The summed E-state index contributed by atoms with van der Waals surface area (Å²) in [6.45, 7) is 0.887. The third-order valence-corrected chi connectivity index (χ3v) is 6.83. The highest BCUT2D eigenvalue weighted by Crippen LogP contribution is 2.60. The van der Waals surface area contributed by atoms with Gasteiger partial charge < -0.3 is 9.64 Å². The van der Waals surface area contributed by atoms with Crippen molar-refractivity contribution >= 4 is 11.9 Å². The molecule has 0 unspecified atom stereocenters. The Kier molecular flexibility index (Phi) is 6.59. The lowest BCUT2D eigenvalue weighted by molar-refractivity contribution is -0.143. The molecule has 188 valence electrons. The third-order valence-electron chi connectivity index (χ3n) is 6.83. The first-order valence-corrected chi connectivity index (χ1v) is 11.1. The summed E-state index contributed by atoms with van der Waals surface area (Å²) >= 11 is 0. The summed E-state index contributed by atoms with van der Waals surface area (Å²) in [4.78, 5) is 26.7. The Bertz CT molecular complexity index is 1060. The lowest BCUT2D eigenvalue weighted by Crippen LogP contribution is -2.40. The SMILES string of the molecule is O=C(Cc1cc(C(F)(F)F)cc(C(F)(F)F)c1)[C@@H]1CC12CCN(C(=O)OCc1ccccc1)CC2. The van der Waals surface area contributed by atoms with Gasteiger partial charge >= 0.3 is 18.4 Å². The maximum atomic E-state index is 13.1. The van der Waals surface area contributed by atoms with Gasteiger partial charge in [0.1, 0.15) is 12.4 Å². The van der Waals surface area contributed by atoms with Crippen molar-refractivity contribution in [3.8, 4) is 0 Å². The number of hydrogen-bond acceptors (Lipinski definition) is 3. The van der Waals surface area contributed by atoms with E-state index in [0.717, 1.165) is 5.56 Å². The molecule has 2 aromatic rings. The number of alkyl halides is 6. The molecule has 1 amide bonds. The van der Waals surface area contributed by atoms with Crippen LogP contribution in [0.4, 0.5) is 31.1 Å². The quantitative estimate of drug-likeness (QED) is 0.456. The molecule has 0 aromatic heterocycles. The van der Waals surface area contributed by atoms with E-state index in [0.29, 0.717) is 44.5 Å². The van der Waals surface area contributed by atoms with Crippen LogP contribution in [-0.4, -0.2) is 29.9 Å². The first-order valence-electron chi connectivity index (χ1n) is 11.1. The minimum atomic E-state index is -4.96. The van der Waals surface area contributed by atoms with Gasteiger partial charge in [-0.25, -0.2) is 4.79 Å². The van der Waals surface area contributed by atoms with Crippen LogP contribution in [-0.2, 0) is 34.9 Å². The molecule has 2 aromatic carbocycles. The Labute approximate surface area is 197 Å². The average Bonchev–Trinajstić information content (AvgIpc) is 3.50. The van der Waals surface area contributed by atoms with Crippen molar-refractivity contribution in [2.45, 2.75) is 44.6 Å². The van der Waals surface area contributed by atoms with Crippen LogP contribution in [0.25, 0.3) is 0 Å². The van der Waals surface area contributed by atoms with Gasteiger partial charge in [-0.05, 0) is 54.0 Å². The van der Waals surface area contributed by atoms with E-state index in [2.05, 4.69) is 0 Å². The molecule has 1 heterocycles. The van der Waals surface area contributed by atoms with Crippen LogP contribution in [0.2, 0.25) is 0 Å². The lowest BCUT2D eigenvalue weighted by atomic mass is 9.88. The summed E-state index contributed by atoms with van der Waals surface area (Å²) in [6.07, 6.45) is -9.30. The average molecular weight is 499 g/mol. The highest BCUT2D eigenvalue weighted by molar-refractivity contribution is 5.87. The van der Waals surface area contributed by atoms with Crippen LogP contribution in [0, 0.1) is 11.3 Å². The van der Waals surface area contributed by atoms with E-state index in [1.54, 1.807) is 4.90 Å². The van der Waals surface area contributed by atoms with Gasteiger partial charge in [-0.1, -0.05) is 30.3 Å². The molecule has 1 aliphatic heterocycles. The second kappa shape index (κ2) is 9.20. The van der Waals surface area contributed by atoms with Crippen LogP contribution in [0.15, 0.2) is 48.5 Å². The van der Waals surface area contributed by atoms with Gasteiger partial charge in [0.05, 0.1) is 11.1 Å². The predicted molar refractivity (Wildman–Crippen MR) is 113 cm³/mol. The Morgan fingerprint density at radius 3 is 2.00 bits per heavy atom. The molecular weight excluding hydrogens is 476 g/mol. The summed E-state index contributed by atoms with van der Waals surface area (Å²) in [6, 6.07) is 10.5. The van der Waals surface area contributed by atoms with Crippen LogP contribution < -0.4 is 0 Å². The molecule has 0 N–H and O–H groups in total. The largest absolute Gasteiger partial charge is 0.445 e. The normalized spacial score (nSPS) is 19.5. The van der Waals surface area contributed by atoms with Gasteiger partial charge in [-0.15, -0.1) is 0 Å². The Morgan fingerprint density at radius 1 is 0.886 bits per heavy atom. The maximum Gasteiger partial charge on any atom is 0.416 e. The van der Waals surface area contributed by atoms with Crippen molar-refractivity contribution in [2.24, 2.45) is 11.3 Å². The molecule has 0 radical (unpaired) electrons. The van der Waals surface area contributed by atoms with Gasteiger partial charge in [0.25, 0.3) is 0 Å². The van der Waals surface area contributed by atoms with E-state index < -0.39 is 41.9 Å². The fourth-order valence-corrected chi connectivity index (χ4v) is 4.75. The summed E-state index contributed by atoms with van der Waals surface area (Å²) < 4.78 is 83.9. The number of nitrogens with zero attached hydrogens (tertiary/aromatic N) is 1. The molecule has 1 spiro atoms. The van der Waals surface area contributed by atoms with Crippen LogP contribution >= 0.6 is 0 Å². The Hall–Kier alpha value is -3.04. The van der Waals surface area contributed by atoms with E-state index in [9.17, 15) is 35.9 Å². The van der Waals surface area contributed by atoms with E-state index >= 15 is 0 Å². The number of rotatable bonds is 5. The number of benzene rings is 2. The number of carbonyl (C=O) groups is 2. The molecule has 1 saturated carbocycles. The summed E-state index contributed by atoms with van der Waals surface area (Å²) in [5.41, 5.74) is -2.67. The van der Waals surface area contributed by atoms with Gasteiger partial charge in [0.2, 0.25) is 0 Å². The molecule has 1 saturated heterocycles. The number of amides is 1. The van der Waals surface area contributed by atoms with Crippen molar-refractivity contribution < 1.29 is 40.7 Å². The molecule has 0 bridgehead atoms. The number of halogens is 6. The second-order valence-corrected chi connectivity index (χ2v) is 9.20. The number of likely N-dealkylation sites (tertiary alicyclic amines) is 1. The van der Waals surface area contributed by atoms with E-state index in [1.165, 1.54) is 0 Å². The first kappa shape index (κ1) is 25.1. The van der Waals surface area contributed by atoms with E-state index in [-0.39, 0.29) is 29.4 Å². The van der Waals surface area contributed by atoms with Gasteiger partial charge in [0, 0.05) is 25.4 Å². The second-order valence-electron chi connectivity index (χ2n) is 9.20. The minimum absolute atomic E-state index is 0.0548. The summed E-state index contributed by atoms with van der Waals surface area (Å²) in [5, 5.41) is 0. The highest BCUT2D eigenvalue weighted by atomic mass is 19.4. The van der Waals surface area contributed by atoms with Crippen LogP contribution in [0.5, 0.6) is 0 Å². The van der Waals surface area contributed by atoms with Crippen LogP contribution in [0.3, 0.4) is 0 Å². The number of piperidine rings is 1. The number of hydrogen-bond donors (Lipinski definition) is 0. The highest BCUT2D eigenvalue weighted by Gasteiger charge is 2.58.